The number of rotatable bonds is 5. The van der Waals surface area contributed by atoms with Gasteiger partial charge in [-0.05, 0) is 65.3 Å². The molecule has 152 valence electrons. The Morgan fingerprint density at radius 3 is 1.90 bits per heavy atom. The molecule has 0 radical (unpaired) electrons. The highest BCUT2D eigenvalue weighted by Crippen LogP contribution is 2.34. The van der Waals surface area contributed by atoms with Crippen molar-refractivity contribution in [1.82, 2.24) is 0 Å². The normalized spacial score (nSPS) is 12.4. The number of hydrogen-bond donors (Lipinski definition) is 0. The highest BCUT2D eigenvalue weighted by atomic mass is 14.1. The lowest BCUT2D eigenvalue weighted by Gasteiger charge is -2.14. The van der Waals surface area contributed by atoms with E-state index in [1.54, 1.807) is 0 Å². The van der Waals surface area contributed by atoms with Gasteiger partial charge in [0, 0.05) is 0 Å². The quantitative estimate of drug-likeness (QED) is 0.232. The van der Waals surface area contributed by atoms with Gasteiger partial charge in [0.25, 0.3) is 0 Å². The first-order valence-corrected chi connectivity index (χ1v) is 10.8. The van der Waals surface area contributed by atoms with Gasteiger partial charge < -0.3 is 0 Å². The van der Waals surface area contributed by atoms with Crippen molar-refractivity contribution in [2.75, 3.05) is 0 Å². The van der Waals surface area contributed by atoms with Crippen LogP contribution in [0.1, 0.15) is 36.1 Å². The van der Waals surface area contributed by atoms with Crippen molar-refractivity contribution in [1.29, 1.82) is 0 Å². The maximum Gasteiger partial charge on any atom is -0.0109 e. The van der Waals surface area contributed by atoms with E-state index >= 15 is 0 Å². The standard InChI is InChI=1S/C31H28/c1-23-13-12-18-28(21-23)30-20-11-10-19-29(30)24(2)22-31(27-16-8-5-9-17-27)25(3)26-14-6-4-7-15-26/h4-22H,1-3H3/b24-22+,31-25-. The molecule has 0 saturated heterocycles. The van der Waals surface area contributed by atoms with Gasteiger partial charge in [0.2, 0.25) is 0 Å². The molecule has 0 heterocycles. The second kappa shape index (κ2) is 9.45. The summed E-state index contributed by atoms with van der Waals surface area (Å²) in [6.45, 7) is 6.58. The number of benzene rings is 4. The van der Waals surface area contributed by atoms with Crippen molar-refractivity contribution in [2.45, 2.75) is 20.8 Å². The van der Waals surface area contributed by atoms with E-state index in [0.29, 0.717) is 0 Å². The molecular formula is C31H28. The molecule has 0 saturated carbocycles. The zero-order valence-electron chi connectivity index (χ0n) is 18.5. The Hall–Kier alpha value is -3.64. The van der Waals surface area contributed by atoms with Crippen LogP contribution in [0.25, 0.3) is 27.8 Å². The van der Waals surface area contributed by atoms with Crippen LogP contribution in [0.5, 0.6) is 0 Å². The zero-order valence-corrected chi connectivity index (χ0v) is 18.5. The Morgan fingerprint density at radius 2 is 1.23 bits per heavy atom. The van der Waals surface area contributed by atoms with Crippen LogP contribution in [-0.2, 0) is 0 Å². The molecule has 0 fully saturated rings. The molecule has 0 spiro atoms. The number of allylic oxidation sites excluding steroid dienone is 4. The molecule has 4 rings (SSSR count). The highest BCUT2D eigenvalue weighted by molar-refractivity contribution is 5.99. The first kappa shape index (κ1) is 20.6. The highest BCUT2D eigenvalue weighted by Gasteiger charge is 2.10. The predicted octanol–water partition coefficient (Wildman–Crippen LogP) is 8.70. The Balaban J connectivity index is 1.87. The molecule has 0 bridgehead atoms. The van der Waals surface area contributed by atoms with Gasteiger partial charge in [-0.1, -0.05) is 121 Å². The summed E-state index contributed by atoms with van der Waals surface area (Å²) in [6, 6.07) is 38.7. The van der Waals surface area contributed by atoms with E-state index in [-0.39, 0.29) is 0 Å². The Labute approximate surface area is 186 Å². The van der Waals surface area contributed by atoms with Gasteiger partial charge in [-0.25, -0.2) is 0 Å². The molecule has 0 aliphatic carbocycles. The van der Waals surface area contributed by atoms with Crippen LogP contribution >= 0.6 is 0 Å². The van der Waals surface area contributed by atoms with E-state index in [0.717, 1.165) is 0 Å². The zero-order chi connectivity index (χ0) is 21.6. The molecule has 4 aromatic carbocycles. The van der Waals surface area contributed by atoms with Crippen molar-refractivity contribution >= 4 is 16.7 Å². The second-order valence-corrected chi connectivity index (χ2v) is 8.01. The summed E-state index contributed by atoms with van der Waals surface area (Å²) in [5.41, 5.74) is 11.3. The minimum atomic E-state index is 1.23. The lowest BCUT2D eigenvalue weighted by Crippen LogP contribution is -1.91. The molecule has 0 atom stereocenters. The summed E-state index contributed by atoms with van der Waals surface area (Å²) in [7, 11) is 0. The Bertz CT molecular complexity index is 1230. The third kappa shape index (κ3) is 4.75. The third-order valence-electron chi connectivity index (χ3n) is 5.74. The molecule has 0 N–H and O–H groups in total. The Morgan fingerprint density at radius 1 is 0.613 bits per heavy atom. The van der Waals surface area contributed by atoms with Crippen LogP contribution in [0.4, 0.5) is 0 Å². The molecule has 4 aromatic rings. The summed E-state index contributed by atoms with van der Waals surface area (Å²) in [5.74, 6) is 0. The SMILES string of the molecule is C/C(=C(\C=C(/C)c1ccccc1-c1cccc(C)c1)c1ccccc1)c1ccccc1. The van der Waals surface area contributed by atoms with Crippen LogP contribution < -0.4 is 0 Å². The monoisotopic (exact) mass is 400 g/mol. The van der Waals surface area contributed by atoms with E-state index in [2.05, 4.69) is 136 Å². The fourth-order valence-corrected chi connectivity index (χ4v) is 4.06. The molecule has 0 unspecified atom stereocenters. The fraction of sp³-hybridized carbons (Fsp3) is 0.0968. The number of hydrogen-bond acceptors (Lipinski definition) is 0. The van der Waals surface area contributed by atoms with Gasteiger partial charge in [-0.3, -0.25) is 0 Å². The van der Waals surface area contributed by atoms with Crippen LogP contribution in [0.2, 0.25) is 0 Å². The minimum absolute atomic E-state index is 1.23. The second-order valence-electron chi connectivity index (χ2n) is 8.01. The topological polar surface area (TPSA) is 0 Å². The average Bonchev–Trinajstić information content (AvgIpc) is 2.83. The van der Waals surface area contributed by atoms with Gasteiger partial charge in [0.15, 0.2) is 0 Å². The van der Waals surface area contributed by atoms with Gasteiger partial charge in [0.1, 0.15) is 0 Å². The summed E-state index contributed by atoms with van der Waals surface area (Å²) in [4.78, 5) is 0. The van der Waals surface area contributed by atoms with E-state index in [9.17, 15) is 0 Å². The van der Waals surface area contributed by atoms with Crippen LogP contribution in [0, 0.1) is 6.92 Å². The molecule has 0 aromatic heterocycles. The molecule has 0 aliphatic rings. The summed E-state index contributed by atoms with van der Waals surface area (Å²) >= 11 is 0. The van der Waals surface area contributed by atoms with Gasteiger partial charge >= 0.3 is 0 Å². The van der Waals surface area contributed by atoms with Gasteiger partial charge in [-0.15, -0.1) is 0 Å². The summed E-state index contributed by atoms with van der Waals surface area (Å²) in [5, 5.41) is 0. The van der Waals surface area contributed by atoms with E-state index in [4.69, 9.17) is 0 Å². The maximum absolute atomic E-state index is 2.34. The van der Waals surface area contributed by atoms with Crippen molar-refractivity contribution in [2.24, 2.45) is 0 Å². The lowest BCUT2D eigenvalue weighted by molar-refractivity contribution is 1.45. The summed E-state index contributed by atoms with van der Waals surface area (Å²) < 4.78 is 0. The molecule has 0 nitrogen and oxygen atoms in total. The van der Waals surface area contributed by atoms with Crippen LogP contribution in [0.15, 0.2) is 115 Å². The molecular weight excluding hydrogens is 372 g/mol. The Kier molecular flexibility index (Phi) is 6.29. The minimum Gasteiger partial charge on any atom is -0.0622 e. The molecule has 31 heavy (non-hydrogen) atoms. The van der Waals surface area contributed by atoms with E-state index in [1.807, 2.05) is 0 Å². The third-order valence-corrected chi connectivity index (χ3v) is 5.74. The molecule has 0 aliphatic heterocycles. The van der Waals surface area contributed by atoms with E-state index in [1.165, 1.54) is 50.1 Å². The van der Waals surface area contributed by atoms with Gasteiger partial charge in [0.05, 0.1) is 0 Å². The van der Waals surface area contributed by atoms with Crippen molar-refractivity contribution in [3.8, 4) is 11.1 Å². The smallest absolute Gasteiger partial charge is 0.0109 e. The van der Waals surface area contributed by atoms with Gasteiger partial charge in [-0.2, -0.15) is 0 Å². The number of aryl methyl sites for hydroxylation is 1. The van der Waals surface area contributed by atoms with Crippen LogP contribution in [-0.4, -0.2) is 0 Å². The largest absolute Gasteiger partial charge is 0.0622 e. The molecule has 0 amide bonds. The first-order chi connectivity index (χ1) is 15.1. The van der Waals surface area contributed by atoms with Crippen molar-refractivity contribution in [3.05, 3.63) is 138 Å². The van der Waals surface area contributed by atoms with Crippen molar-refractivity contribution < 1.29 is 0 Å². The molecule has 0 heteroatoms. The average molecular weight is 401 g/mol. The summed E-state index contributed by atoms with van der Waals surface area (Å²) in [6.07, 6.45) is 2.34. The first-order valence-electron chi connectivity index (χ1n) is 10.8. The predicted molar refractivity (Wildman–Crippen MR) is 136 cm³/mol. The van der Waals surface area contributed by atoms with Crippen LogP contribution in [0.3, 0.4) is 0 Å². The lowest BCUT2D eigenvalue weighted by atomic mass is 9.90. The fourth-order valence-electron chi connectivity index (χ4n) is 4.06. The van der Waals surface area contributed by atoms with E-state index < -0.39 is 0 Å². The van der Waals surface area contributed by atoms with Crippen molar-refractivity contribution in [3.63, 3.8) is 0 Å². The maximum atomic E-state index is 2.34.